The van der Waals surface area contributed by atoms with Gasteiger partial charge in [0.25, 0.3) is 11.8 Å². The monoisotopic (exact) mass is 416 g/mol. The van der Waals surface area contributed by atoms with Crippen molar-refractivity contribution in [1.82, 2.24) is 15.1 Å². The number of anilines is 1. The number of rotatable bonds is 6. The molecule has 0 aliphatic rings. The van der Waals surface area contributed by atoms with Gasteiger partial charge in [-0.15, -0.1) is 0 Å². The predicted octanol–water partition coefficient (Wildman–Crippen LogP) is 4.38. The van der Waals surface area contributed by atoms with Crippen molar-refractivity contribution in [3.05, 3.63) is 72.1 Å². The van der Waals surface area contributed by atoms with Crippen LogP contribution in [0.1, 0.15) is 16.1 Å². The number of aryl methyl sites for hydroxylation is 1. The third kappa shape index (κ3) is 4.23. The molecule has 0 atom stereocenters. The van der Waals surface area contributed by atoms with Crippen molar-refractivity contribution >= 4 is 11.6 Å². The van der Waals surface area contributed by atoms with Gasteiger partial charge in [0, 0.05) is 17.5 Å². The predicted molar refractivity (Wildman–Crippen MR) is 115 cm³/mol. The molecule has 2 heterocycles. The lowest BCUT2D eigenvalue weighted by molar-refractivity contribution is 0.102. The molecular weight excluding hydrogens is 396 g/mol. The number of aromatic nitrogens is 3. The van der Waals surface area contributed by atoms with Gasteiger partial charge in [-0.3, -0.25) is 9.78 Å². The van der Waals surface area contributed by atoms with Crippen LogP contribution in [0, 0.1) is 6.92 Å². The maximum Gasteiger partial charge on any atom is 0.260 e. The summed E-state index contributed by atoms with van der Waals surface area (Å²) in [5.74, 6) is 1.56. The summed E-state index contributed by atoms with van der Waals surface area (Å²) >= 11 is 0. The molecule has 8 nitrogen and oxygen atoms in total. The average molecular weight is 416 g/mol. The van der Waals surface area contributed by atoms with Crippen LogP contribution >= 0.6 is 0 Å². The van der Waals surface area contributed by atoms with Gasteiger partial charge in [-0.05, 0) is 49.4 Å². The third-order valence-corrected chi connectivity index (χ3v) is 4.65. The molecule has 31 heavy (non-hydrogen) atoms. The number of methoxy groups -OCH3 is 2. The van der Waals surface area contributed by atoms with Crippen molar-refractivity contribution in [2.24, 2.45) is 0 Å². The molecule has 1 amide bonds. The van der Waals surface area contributed by atoms with Crippen molar-refractivity contribution in [2.45, 2.75) is 6.92 Å². The second-order valence-corrected chi connectivity index (χ2v) is 6.68. The fourth-order valence-electron chi connectivity index (χ4n) is 3.00. The number of carbonyl (C=O) groups is 1. The molecule has 0 bridgehead atoms. The Kier molecular flexibility index (Phi) is 5.61. The van der Waals surface area contributed by atoms with E-state index in [1.54, 1.807) is 50.6 Å². The van der Waals surface area contributed by atoms with Gasteiger partial charge < -0.3 is 19.3 Å². The maximum absolute atomic E-state index is 12.6. The minimum atomic E-state index is -0.278. The Hall–Kier alpha value is -4.20. The normalized spacial score (nSPS) is 10.5. The first-order chi connectivity index (χ1) is 15.1. The van der Waals surface area contributed by atoms with Gasteiger partial charge in [0.2, 0.25) is 5.82 Å². The fourth-order valence-corrected chi connectivity index (χ4v) is 3.00. The second-order valence-electron chi connectivity index (χ2n) is 6.68. The van der Waals surface area contributed by atoms with E-state index in [1.165, 1.54) is 6.20 Å². The highest BCUT2D eigenvalue weighted by molar-refractivity contribution is 6.05. The molecule has 2 aromatic carbocycles. The number of para-hydroxylation sites is 1. The maximum atomic E-state index is 12.6. The molecular formula is C23H20N4O4. The lowest BCUT2D eigenvalue weighted by Crippen LogP contribution is -2.13. The van der Waals surface area contributed by atoms with Crippen LogP contribution in [-0.4, -0.2) is 35.3 Å². The number of pyridine rings is 1. The number of hydrogen-bond acceptors (Lipinski definition) is 7. The van der Waals surface area contributed by atoms with Gasteiger partial charge in [0.1, 0.15) is 0 Å². The van der Waals surface area contributed by atoms with Crippen LogP contribution in [0.5, 0.6) is 11.5 Å². The van der Waals surface area contributed by atoms with Crippen molar-refractivity contribution in [2.75, 3.05) is 19.5 Å². The van der Waals surface area contributed by atoms with Crippen LogP contribution in [-0.2, 0) is 0 Å². The Morgan fingerprint density at radius 3 is 2.55 bits per heavy atom. The minimum Gasteiger partial charge on any atom is -0.493 e. The Morgan fingerprint density at radius 2 is 1.81 bits per heavy atom. The van der Waals surface area contributed by atoms with E-state index in [4.69, 9.17) is 14.0 Å². The quantitative estimate of drug-likeness (QED) is 0.498. The molecule has 1 N–H and O–H groups in total. The zero-order valence-corrected chi connectivity index (χ0v) is 17.2. The standard InChI is InChI=1S/C23H20N4O4/c1-14-8-9-16(13-24-14)22(28)25-18-7-5-4-6-17(18)23-26-21(27-31-23)15-10-11-19(29-2)20(12-15)30-3/h4-13H,1-3H3,(H,25,28). The highest BCUT2D eigenvalue weighted by atomic mass is 16.5. The van der Waals surface area contributed by atoms with Gasteiger partial charge in [-0.25, -0.2) is 0 Å². The van der Waals surface area contributed by atoms with E-state index >= 15 is 0 Å². The highest BCUT2D eigenvalue weighted by Crippen LogP contribution is 2.33. The molecule has 0 spiro atoms. The lowest BCUT2D eigenvalue weighted by Gasteiger charge is -2.08. The fraction of sp³-hybridized carbons (Fsp3) is 0.130. The molecule has 0 unspecified atom stereocenters. The summed E-state index contributed by atoms with van der Waals surface area (Å²) < 4.78 is 16.1. The van der Waals surface area contributed by atoms with Crippen molar-refractivity contribution in [1.29, 1.82) is 0 Å². The summed E-state index contributed by atoms with van der Waals surface area (Å²) in [5, 5.41) is 6.96. The van der Waals surface area contributed by atoms with Gasteiger partial charge in [-0.1, -0.05) is 17.3 Å². The van der Waals surface area contributed by atoms with Gasteiger partial charge >= 0.3 is 0 Å². The topological polar surface area (TPSA) is 99.4 Å². The van der Waals surface area contributed by atoms with Crippen LogP contribution in [0.25, 0.3) is 22.8 Å². The molecule has 2 aromatic heterocycles. The van der Waals surface area contributed by atoms with Crippen LogP contribution in [0.15, 0.2) is 65.3 Å². The first-order valence-corrected chi connectivity index (χ1v) is 9.48. The Bertz CT molecular complexity index is 1220. The zero-order chi connectivity index (χ0) is 21.8. The van der Waals surface area contributed by atoms with E-state index in [0.717, 1.165) is 5.69 Å². The summed E-state index contributed by atoms with van der Waals surface area (Å²) in [5.41, 5.74) is 3.16. The van der Waals surface area contributed by atoms with Crippen molar-refractivity contribution < 1.29 is 18.8 Å². The zero-order valence-electron chi connectivity index (χ0n) is 17.2. The summed E-state index contributed by atoms with van der Waals surface area (Å²) in [6.07, 6.45) is 1.54. The van der Waals surface area contributed by atoms with Crippen molar-refractivity contribution in [3.8, 4) is 34.3 Å². The average Bonchev–Trinajstić information content (AvgIpc) is 3.29. The van der Waals surface area contributed by atoms with E-state index in [9.17, 15) is 4.79 Å². The number of ether oxygens (including phenoxy) is 2. The van der Waals surface area contributed by atoms with Crippen LogP contribution in [0.4, 0.5) is 5.69 Å². The summed E-state index contributed by atoms with van der Waals surface area (Å²) in [6, 6.07) is 16.1. The second kappa shape index (κ2) is 8.66. The molecule has 0 saturated heterocycles. The Labute approximate surface area is 178 Å². The number of nitrogens with one attached hydrogen (secondary N) is 1. The third-order valence-electron chi connectivity index (χ3n) is 4.65. The number of amides is 1. The SMILES string of the molecule is COc1ccc(-c2noc(-c3ccccc3NC(=O)c3ccc(C)nc3)n2)cc1OC. The van der Waals surface area contributed by atoms with Crippen molar-refractivity contribution in [3.63, 3.8) is 0 Å². The van der Waals surface area contributed by atoms with E-state index in [-0.39, 0.29) is 11.8 Å². The highest BCUT2D eigenvalue weighted by Gasteiger charge is 2.17. The Morgan fingerprint density at radius 1 is 1.00 bits per heavy atom. The minimum absolute atomic E-state index is 0.278. The number of carbonyl (C=O) groups excluding carboxylic acids is 1. The molecule has 0 saturated carbocycles. The molecule has 0 fully saturated rings. The van der Waals surface area contributed by atoms with E-state index in [0.29, 0.717) is 39.7 Å². The molecule has 0 aliphatic carbocycles. The first kappa shape index (κ1) is 20.1. The summed E-state index contributed by atoms with van der Waals surface area (Å²) in [7, 11) is 3.13. The molecule has 0 aliphatic heterocycles. The summed E-state index contributed by atoms with van der Waals surface area (Å²) in [4.78, 5) is 21.3. The first-order valence-electron chi connectivity index (χ1n) is 9.48. The van der Waals surface area contributed by atoms with Gasteiger partial charge in [0.15, 0.2) is 11.5 Å². The van der Waals surface area contributed by atoms with Crippen LogP contribution in [0.3, 0.4) is 0 Å². The number of nitrogens with zero attached hydrogens (tertiary/aromatic N) is 3. The van der Waals surface area contributed by atoms with E-state index in [2.05, 4.69) is 20.4 Å². The molecule has 4 rings (SSSR count). The van der Waals surface area contributed by atoms with E-state index in [1.807, 2.05) is 25.1 Å². The number of benzene rings is 2. The van der Waals surface area contributed by atoms with Crippen LogP contribution < -0.4 is 14.8 Å². The lowest BCUT2D eigenvalue weighted by atomic mass is 10.1. The molecule has 4 aromatic rings. The molecule has 8 heteroatoms. The Balaban J connectivity index is 1.62. The summed E-state index contributed by atoms with van der Waals surface area (Å²) in [6.45, 7) is 1.86. The smallest absolute Gasteiger partial charge is 0.260 e. The van der Waals surface area contributed by atoms with Gasteiger partial charge in [-0.2, -0.15) is 4.98 Å². The van der Waals surface area contributed by atoms with E-state index < -0.39 is 0 Å². The largest absolute Gasteiger partial charge is 0.493 e. The van der Waals surface area contributed by atoms with Crippen LogP contribution in [0.2, 0.25) is 0 Å². The number of hydrogen-bond donors (Lipinski definition) is 1. The molecule has 0 radical (unpaired) electrons. The molecule has 156 valence electrons. The van der Waals surface area contributed by atoms with Gasteiger partial charge in [0.05, 0.1) is 31.0 Å².